The minimum absolute atomic E-state index is 0.472. The maximum atomic E-state index is 5.18. The van der Waals surface area contributed by atoms with Gasteiger partial charge in [-0.05, 0) is 31.1 Å². The molecule has 0 amide bonds. The largest absolute Gasteiger partial charge is 0.430 e. The van der Waals surface area contributed by atoms with Crippen molar-refractivity contribution in [2.45, 2.75) is 12.8 Å². The van der Waals surface area contributed by atoms with Crippen LogP contribution in [0.4, 0.5) is 0 Å². The molecular formula is C7H7NOS. The lowest BCUT2D eigenvalue weighted by Gasteiger charge is -1.89. The molecule has 1 aromatic heterocycles. The fourth-order valence-corrected chi connectivity index (χ4v) is 1.30. The Balaban J connectivity index is 2.96. The summed E-state index contributed by atoms with van der Waals surface area (Å²) in [4.78, 5) is 3.43. The monoisotopic (exact) mass is 153 g/mol. The third kappa shape index (κ3) is 0.827. The van der Waals surface area contributed by atoms with E-state index in [2.05, 4.69) is 17.1 Å². The molecule has 1 heterocycles. The van der Waals surface area contributed by atoms with Gasteiger partial charge in [-0.1, -0.05) is 6.08 Å². The summed E-state index contributed by atoms with van der Waals surface area (Å²) < 4.78 is 5.18. The first-order valence-corrected chi connectivity index (χ1v) is 3.66. The van der Waals surface area contributed by atoms with Crippen LogP contribution in [0.25, 0.3) is 12.2 Å². The molecule has 0 unspecified atom stereocenters. The Kier molecular flexibility index (Phi) is 1.24. The third-order valence-corrected chi connectivity index (χ3v) is 1.74. The average molecular weight is 153 g/mol. The van der Waals surface area contributed by atoms with Gasteiger partial charge in [0.2, 0.25) is 0 Å². The van der Waals surface area contributed by atoms with Crippen LogP contribution in [0.2, 0.25) is 0 Å². The number of nitrogens with one attached hydrogen (secondary N) is 1. The normalized spacial score (nSPS) is 15.2. The van der Waals surface area contributed by atoms with Crippen molar-refractivity contribution >= 4 is 24.4 Å². The molecule has 0 spiro atoms. The number of hydrogen-bond donors (Lipinski definition) is 1. The van der Waals surface area contributed by atoms with E-state index < -0.39 is 0 Å². The highest BCUT2D eigenvalue weighted by atomic mass is 32.1. The molecule has 0 aromatic carbocycles. The SMILES string of the molecule is S=c1[nH]c2c(o1)=CCCC=2. The van der Waals surface area contributed by atoms with Gasteiger partial charge in [0, 0.05) is 0 Å². The van der Waals surface area contributed by atoms with Crippen molar-refractivity contribution in [3.63, 3.8) is 0 Å². The lowest BCUT2D eigenvalue weighted by molar-refractivity contribution is 0.507. The number of hydrogen-bond acceptors (Lipinski definition) is 2. The summed E-state index contributed by atoms with van der Waals surface area (Å²) in [6.45, 7) is 0. The molecule has 0 bridgehead atoms. The molecule has 0 saturated heterocycles. The summed E-state index contributed by atoms with van der Waals surface area (Å²) in [6, 6.07) is 0. The molecule has 0 radical (unpaired) electrons. The zero-order valence-electron chi connectivity index (χ0n) is 5.39. The predicted molar refractivity (Wildman–Crippen MR) is 41.3 cm³/mol. The minimum atomic E-state index is 0.472. The van der Waals surface area contributed by atoms with E-state index in [1.54, 1.807) is 0 Å². The molecule has 1 aromatic rings. The lowest BCUT2D eigenvalue weighted by Crippen LogP contribution is -2.23. The quantitative estimate of drug-likeness (QED) is 0.556. The summed E-state index contributed by atoms with van der Waals surface area (Å²) in [5.41, 5.74) is 0.899. The highest BCUT2D eigenvalue weighted by Gasteiger charge is 1.95. The Morgan fingerprint density at radius 2 is 2.20 bits per heavy atom. The molecule has 1 N–H and O–H groups in total. The molecule has 0 fully saturated rings. The zero-order chi connectivity index (χ0) is 6.97. The first-order chi connectivity index (χ1) is 4.86. The van der Waals surface area contributed by atoms with Crippen LogP contribution < -0.4 is 10.8 Å². The second-order valence-corrected chi connectivity index (χ2v) is 2.65. The van der Waals surface area contributed by atoms with Crippen LogP contribution in [0.1, 0.15) is 12.8 Å². The van der Waals surface area contributed by atoms with Gasteiger partial charge >= 0.3 is 0 Å². The van der Waals surface area contributed by atoms with Crippen LogP contribution in [0, 0.1) is 4.84 Å². The van der Waals surface area contributed by atoms with Crippen LogP contribution in [0.15, 0.2) is 4.42 Å². The number of oxazole rings is 1. The first-order valence-electron chi connectivity index (χ1n) is 3.26. The zero-order valence-corrected chi connectivity index (χ0v) is 6.20. The van der Waals surface area contributed by atoms with Gasteiger partial charge in [-0.2, -0.15) is 0 Å². The van der Waals surface area contributed by atoms with E-state index in [0.29, 0.717) is 4.84 Å². The van der Waals surface area contributed by atoms with Gasteiger partial charge in [0.25, 0.3) is 4.84 Å². The van der Waals surface area contributed by atoms with Crippen molar-refractivity contribution in [1.29, 1.82) is 0 Å². The average Bonchev–Trinajstić information content (AvgIpc) is 2.27. The van der Waals surface area contributed by atoms with Gasteiger partial charge in [-0.3, -0.25) is 0 Å². The maximum Gasteiger partial charge on any atom is 0.266 e. The van der Waals surface area contributed by atoms with Gasteiger partial charge < -0.3 is 9.40 Å². The van der Waals surface area contributed by atoms with Crippen molar-refractivity contribution in [1.82, 2.24) is 4.98 Å². The second kappa shape index (κ2) is 2.09. The van der Waals surface area contributed by atoms with Crippen LogP contribution in [0.5, 0.6) is 0 Å². The van der Waals surface area contributed by atoms with E-state index in [-0.39, 0.29) is 0 Å². The van der Waals surface area contributed by atoms with Crippen molar-refractivity contribution < 1.29 is 4.42 Å². The Labute approximate surface area is 62.9 Å². The summed E-state index contributed by atoms with van der Waals surface area (Å²) in [5.74, 6) is 0. The number of H-pyrrole nitrogens is 1. The van der Waals surface area contributed by atoms with E-state index in [1.165, 1.54) is 0 Å². The number of aromatic amines is 1. The fraction of sp³-hybridized carbons (Fsp3) is 0.286. The number of fused-ring (bicyclic) bond motifs is 1. The molecule has 10 heavy (non-hydrogen) atoms. The maximum absolute atomic E-state index is 5.18. The fourth-order valence-electron chi connectivity index (χ4n) is 1.10. The lowest BCUT2D eigenvalue weighted by atomic mass is 10.2. The summed E-state index contributed by atoms with van der Waals surface area (Å²) in [7, 11) is 0. The van der Waals surface area contributed by atoms with E-state index in [1.807, 2.05) is 0 Å². The van der Waals surface area contributed by atoms with E-state index in [9.17, 15) is 0 Å². The first kappa shape index (κ1) is 5.92. The smallest absolute Gasteiger partial charge is 0.266 e. The van der Waals surface area contributed by atoms with Crippen molar-refractivity contribution in [2.24, 2.45) is 0 Å². The minimum Gasteiger partial charge on any atom is -0.430 e. The van der Waals surface area contributed by atoms with Gasteiger partial charge in [-0.15, -0.1) is 0 Å². The van der Waals surface area contributed by atoms with Crippen LogP contribution in [-0.2, 0) is 0 Å². The second-order valence-electron chi connectivity index (χ2n) is 2.28. The highest BCUT2D eigenvalue weighted by molar-refractivity contribution is 7.71. The molecule has 0 aliphatic heterocycles. The van der Waals surface area contributed by atoms with Crippen LogP contribution in [0.3, 0.4) is 0 Å². The molecule has 2 nitrogen and oxygen atoms in total. The number of rotatable bonds is 0. The Morgan fingerprint density at radius 1 is 1.40 bits per heavy atom. The van der Waals surface area contributed by atoms with Crippen molar-refractivity contribution in [3.05, 3.63) is 15.6 Å². The van der Waals surface area contributed by atoms with Crippen molar-refractivity contribution in [3.8, 4) is 0 Å². The topological polar surface area (TPSA) is 28.9 Å². The van der Waals surface area contributed by atoms with E-state index in [0.717, 1.165) is 23.6 Å². The van der Waals surface area contributed by atoms with E-state index in [4.69, 9.17) is 16.6 Å². The molecular weight excluding hydrogens is 146 g/mol. The Bertz CT molecular complexity index is 361. The van der Waals surface area contributed by atoms with Crippen LogP contribution in [-0.4, -0.2) is 4.98 Å². The highest BCUT2D eigenvalue weighted by Crippen LogP contribution is 1.93. The third-order valence-electron chi connectivity index (χ3n) is 1.55. The summed E-state index contributed by atoms with van der Waals surface area (Å²) in [6.07, 6.45) is 6.30. The van der Waals surface area contributed by atoms with Gasteiger partial charge in [-0.25, -0.2) is 0 Å². The number of aromatic nitrogens is 1. The standard InChI is InChI=1S/C7H7NOS/c10-7-8-5-3-1-2-4-6(5)9-7/h3-4H,1-2H2,(H,8,10). The molecule has 3 heteroatoms. The van der Waals surface area contributed by atoms with Gasteiger partial charge in [0.1, 0.15) is 5.42 Å². The molecule has 2 rings (SSSR count). The predicted octanol–water partition coefficient (Wildman–Crippen LogP) is 0.692. The molecule has 1 aliphatic rings. The molecule has 0 atom stereocenters. The van der Waals surface area contributed by atoms with Gasteiger partial charge in [0.15, 0.2) is 0 Å². The Hall–Kier alpha value is -0.830. The molecule has 1 aliphatic carbocycles. The summed E-state index contributed by atoms with van der Waals surface area (Å²) >= 11 is 4.82. The Morgan fingerprint density at radius 3 is 3.00 bits per heavy atom. The molecule has 52 valence electrons. The molecule has 0 saturated carbocycles. The van der Waals surface area contributed by atoms with Crippen LogP contribution >= 0.6 is 12.2 Å². The summed E-state index contributed by atoms with van der Waals surface area (Å²) in [5, 5.41) is 1.04. The van der Waals surface area contributed by atoms with E-state index >= 15 is 0 Å². The van der Waals surface area contributed by atoms with Crippen molar-refractivity contribution in [2.75, 3.05) is 0 Å². The van der Waals surface area contributed by atoms with Gasteiger partial charge in [0.05, 0.1) is 5.35 Å².